The third kappa shape index (κ3) is 1.36. The van der Waals surface area contributed by atoms with Gasteiger partial charge in [0.1, 0.15) is 5.65 Å². The Hall–Kier alpha value is -2.86. The van der Waals surface area contributed by atoms with Gasteiger partial charge in [-0.1, -0.05) is 24.3 Å². The Morgan fingerprint density at radius 2 is 1.90 bits per heavy atom. The highest BCUT2D eigenvalue weighted by molar-refractivity contribution is 6.10. The molecule has 2 heterocycles. The van der Waals surface area contributed by atoms with E-state index in [1.807, 2.05) is 43.4 Å². The van der Waals surface area contributed by atoms with Crippen molar-refractivity contribution < 1.29 is 0 Å². The zero-order valence-corrected chi connectivity index (χ0v) is 11.0. The van der Waals surface area contributed by atoms with Crippen LogP contribution in [0, 0.1) is 11.3 Å². The normalized spacial score (nSPS) is 11.2. The minimum absolute atomic E-state index is 0.674. The Morgan fingerprint density at radius 1 is 1.05 bits per heavy atom. The molecule has 0 N–H and O–H groups in total. The second-order valence-electron chi connectivity index (χ2n) is 4.95. The Bertz CT molecular complexity index is 1020. The van der Waals surface area contributed by atoms with Gasteiger partial charge < -0.3 is 4.57 Å². The number of nitrogens with zero attached hydrogens (tertiary/aromatic N) is 3. The number of hydrogen-bond acceptors (Lipinski definition) is 2. The second-order valence-corrected chi connectivity index (χ2v) is 4.95. The van der Waals surface area contributed by atoms with Crippen LogP contribution in [0.5, 0.6) is 0 Å². The fourth-order valence-electron chi connectivity index (χ4n) is 2.78. The van der Waals surface area contributed by atoms with E-state index in [1.165, 1.54) is 0 Å². The first-order valence-electron chi connectivity index (χ1n) is 6.46. The summed E-state index contributed by atoms with van der Waals surface area (Å²) in [7, 11) is 1.99. The van der Waals surface area contributed by atoms with Gasteiger partial charge >= 0.3 is 0 Å². The lowest BCUT2D eigenvalue weighted by molar-refractivity contribution is 0.994. The Kier molecular flexibility index (Phi) is 2.10. The number of pyridine rings is 1. The summed E-state index contributed by atoms with van der Waals surface area (Å²) in [5.74, 6) is 0. The molecule has 0 atom stereocenters. The molecule has 0 bridgehead atoms. The summed E-state index contributed by atoms with van der Waals surface area (Å²) >= 11 is 0. The fourth-order valence-corrected chi connectivity index (χ4v) is 2.78. The highest BCUT2D eigenvalue weighted by Crippen LogP contribution is 2.30. The lowest BCUT2D eigenvalue weighted by Gasteiger charge is -1.99. The van der Waals surface area contributed by atoms with E-state index in [1.54, 1.807) is 0 Å². The number of hydrogen-bond donors (Lipinski definition) is 0. The van der Waals surface area contributed by atoms with Crippen LogP contribution >= 0.6 is 0 Å². The van der Waals surface area contributed by atoms with E-state index in [0.717, 1.165) is 32.8 Å². The van der Waals surface area contributed by atoms with Crippen molar-refractivity contribution >= 4 is 32.8 Å². The largest absolute Gasteiger partial charge is 0.328 e. The molecule has 0 radical (unpaired) electrons. The van der Waals surface area contributed by atoms with E-state index in [9.17, 15) is 0 Å². The van der Waals surface area contributed by atoms with Gasteiger partial charge in [0.05, 0.1) is 22.7 Å². The Morgan fingerprint density at radius 3 is 2.75 bits per heavy atom. The molecule has 2 aromatic carbocycles. The van der Waals surface area contributed by atoms with Crippen molar-refractivity contribution in [3.63, 3.8) is 0 Å². The van der Waals surface area contributed by atoms with Gasteiger partial charge in [-0.2, -0.15) is 5.26 Å². The van der Waals surface area contributed by atoms with E-state index in [0.29, 0.717) is 5.56 Å². The predicted octanol–water partition coefficient (Wildman–Crippen LogP) is 3.75. The number of nitriles is 1. The summed E-state index contributed by atoms with van der Waals surface area (Å²) in [5.41, 5.74) is 3.66. The molecule has 0 amide bonds. The molecule has 4 aromatic rings. The molecule has 2 aromatic heterocycles. The van der Waals surface area contributed by atoms with E-state index in [4.69, 9.17) is 10.2 Å². The highest BCUT2D eigenvalue weighted by Gasteiger charge is 2.11. The molecule has 3 nitrogen and oxygen atoms in total. The molecule has 4 rings (SSSR count). The van der Waals surface area contributed by atoms with Crippen LogP contribution in [0.25, 0.3) is 32.8 Å². The number of aryl methyl sites for hydroxylation is 1. The summed E-state index contributed by atoms with van der Waals surface area (Å²) < 4.78 is 2.05. The molecule has 0 aliphatic carbocycles. The molecule has 0 saturated carbocycles. The minimum atomic E-state index is 0.674. The number of benzene rings is 2. The summed E-state index contributed by atoms with van der Waals surface area (Å²) in [6.45, 7) is 0. The maximum absolute atomic E-state index is 9.04. The average molecular weight is 257 g/mol. The van der Waals surface area contributed by atoms with Crippen molar-refractivity contribution in [1.82, 2.24) is 9.55 Å². The third-order valence-electron chi connectivity index (χ3n) is 3.80. The van der Waals surface area contributed by atoms with E-state index < -0.39 is 0 Å². The summed E-state index contributed by atoms with van der Waals surface area (Å²) in [5, 5.41) is 12.4. The lowest BCUT2D eigenvalue weighted by atomic mass is 10.1. The number of fused-ring (bicyclic) bond motifs is 4. The molecule has 0 fully saturated rings. The van der Waals surface area contributed by atoms with Crippen LogP contribution in [-0.4, -0.2) is 9.55 Å². The Balaban J connectivity index is 2.25. The van der Waals surface area contributed by atoms with Crippen LogP contribution in [0.15, 0.2) is 48.5 Å². The van der Waals surface area contributed by atoms with Gasteiger partial charge in [0, 0.05) is 23.2 Å². The lowest BCUT2D eigenvalue weighted by Crippen LogP contribution is -1.90. The quantitative estimate of drug-likeness (QED) is 0.481. The van der Waals surface area contributed by atoms with Crippen molar-refractivity contribution in [2.75, 3.05) is 0 Å². The standard InChI is InChI=1S/C17H11N3/c1-20-16-8-11(10-18)6-7-13(16)14-9-12-4-2-3-5-15(12)19-17(14)20/h2-9H,1H3. The van der Waals surface area contributed by atoms with Crippen molar-refractivity contribution in [3.8, 4) is 6.07 Å². The average Bonchev–Trinajstić information content (AvgIpc) is 2.77. The van der Waals surface area contributed by atoms with E-state index in [-0.39, 0.29) is 0 Å². The molecule has 0 spiro atoms. The number of para-hydroxylation sites is 1. The van der Waals surface area contributed by atoms with Crippen LogP contribution in [0.4, 0.5) is 0 Å². The molecule has 0 aliphatic heterocycles. The zero-order valence-electron chi connectivity index (χ0n) is 11.0. The first-order valence-corrected chi connectivity index (χ1v) is 6.46. The minimum Gasteiger partial charge on any atom is -0.328 e. The summed E-state index contributed by atoms with van der Waals surface area (Å²) in [6, 6.07) is 18.3. The molecular formula is C17H11N3. The highest BCUT2D eigenvalue weighted by atomic mass is 15.0. The van der Waals surface area contributed by atoms with E-state index >= 15 is 0 Å². The maximum Gasteiger partial charge on any atom is 0.141 e. The van der Waals surface area contributed by atoms with Crippen molar-refractivity contribution in [3.05, 3.63) is 54.1 Å². The molecule has 0 aliphatic rings. The molecule has 20 heavy (non-hydrogen) atoms. The molecule has 0 saturated heterocycles. The topological polar surface area (TPSA) is 41.6 Å². The molecule has 0 unspecified atom stereocenters. The smallest absolute Gasteiger partial charge is 0.141 e. The number of rotatable bonds is 0. The van der Waals surface area contributed by atoms with Gasteiger partial charge in [-0.3, -0.25) is 0 Å². The van der Waals surface area contributed by atoms with Gasteiger partial charge in [-0.05, 0) is 24.3 Å². The van der Waals surface area contributed by atoms with Crippen LogP contribution in [0.3, 0.4) is 0 Å². The Labute approximate surface area is 115 Å². The molecular weight excluding hydrogens is 246 g/mol. The van der Waals surface area contributed by atoms with Crippen LogP contribution in [0.1, 0.15) is 5.56 Å². The first-order chi connectivity index (χ1) is 9.78. The van der Waals surface area contributed by atoms with Crippen molar-refractivity contribution in [2.24, 2.45) is 7.05 Å². The van der Waals surface area contributed by atoms with Crippen LogP contribution in [-0.2, 0) is 7.05 Å². The van der Waals surface area contributed by atoms with Gasteiger partial charge in [-0.15, -0.1) is 0 Å². The van der Waals surface area contributed by atoms with Crippen LogP contribution < -0.4 is 0 Å². The molecule has 94 valence electrons. The van der Waals surface area contributed by atoms with Crippen molar-refractivity contribution in [2.45, 2.75) is 0 Å². The maximum atomic E-state index is 9.04. The summed E-state index contributed by atoms with van der Waals surface area (Å²) in [4.78, 5) is 4.75. The first kappa shape index (κ1) is 11.0. The van der Waals surface area contributed by atoms with Crippen LogP contribution in [0.2, 0.25) is 0 Å². The predicted molar refractivity (Wildman–Crippen MR) is 80.4 cm³/mol. The second kappa shape index (κ2) is 3.82. The molecule has 3 heteroatoms. The van der Waals surface area contributed by atoms with Crippen molar-refractivity contribution in [1.29, 1.82) is 5.26 Å². The third-order valence-corrected chi connectivity index (χ3v) is 3.80. The van der Waals surface area contributed by atoms with Gasteiger partial charge in [-0.25, -0.2) is 4.98 Å². The SMILES string of the molecule is Cn1c2cc(C#N)ccc2c2cc3ccccc3nc21. The van der Waals surface area contributed by atoms with E-state index in [2.05, 4.69) is 22.8 Å². The monoisotopic (exact) mass is 257 g/mol. The van der Waals surface area contributed by atoms with Gasteiger partial charge in [0.25, 0.3) is 0 Å². The summed E-state index contributed by atoms with van der Waals surface area (Å²) in [6.07, 6.45) is 0. The fraction of sp³-hybridized carbons (Fsp3) is 0.0588. The van der Waals surface area contributed by atoms with Gasteiger partial charge in [0.2, 0.25) is 0 Å². The zero-order chi connectivity index (χ0) is 13.7. The number of aromatic nitrogens is 2. The van der Waals surface area contributed by atoms with Gasteiger partial charge in [0.15, 0.2) is 0 Å².